The molecule has 1 aliphatic carbocycles. The molecule has 0 radical (unpaired) electrons. The number of hydrogen-bond donors (Lipinski definition) is 1. The van der Waals surface area contributed by atoms with Crippen molar-refractivity contribution >= 4 is 28.2 Å². The fourth-order valence-electron chi connectivity index (χ4n) is 1.65. The maximum atomic E-state index is 5.68. The summed E-state index contributed by atoms with van der Waals surface area (Å²) >= 11 is 3.31. The van der Waals surface area contributed by atoms with E-state index in [4.69, 9.17) is 4.74 Å². The van der Waals surface area contributed by atoms with E-state index in [0.29, 0.717) is 12.6 Å². The van der Waals surface area contributed by atoms with Crippen LogP contribution in [0.2, 0.25) is 0 Å². The van der Waals surface area contributed by atoms with Gasteiger partial charge in [0.2, 0.25) is 5.13 Å². The maximum absolute atomic E-state index is 5.68. The molecule has 1 aromatic carbocycles. The number of thioether (sulfide) groups is 1. The first-order chi connectivity index (χ1) is 9.79. The molecule has 1 aromatic heterocycles. The van der Waals surface area contributed by atoms with Crippen LogP contribution in [0.4, 0.5) is 5.13 Å². The average Bonchev–Trinajstić information content (AvgIpc) is 3.15. The Morgan fingerprint density at radius 3 is 2.85 bits per heavy atom. The predicted molar refractivity (Wildman–Crippen MR) is 84.0 cm³/mol. The Morgan fingerprint density at radius 2 is 2.10 bits per heavy atom. The Labute approximate surface area is 127 Å². The quantitative estimate of drug-likeness (QED) is 0.625. The van der Waals surface area contributed by atoms with E-state index in [2.05, 4.69) is 34.6 Å². The van der Waals surface area contributed by atoms with E-state index in [1.165, 1.54) is 18.4 Å². The minimum Gasteiger partial charge on any atom is -0.493 e. The van der Waals surface area contributed by atoms with Gasteiger partial charge in [0.15, 0.2) is 4.34 Å². The highest BCUT2D eigenvalue weighted by Gasteiger charge is 2.22. The Hall–Kier alpha value is -1.27. The highest BCUT2D eigenvalue weighted by Crippen LogP contribution is 2.30. The van der Waals surface area contributed by atoms with Crippen molar-refractivity contribution in [3.05, 3.63) is 29.8 Å². The second-order valence-electron chi connectivity index (χ2n) is 4.80. The van der Waals surface area contributed by atoms with Gasteiger partial charge in [-0.15, -0.1) is 10.2 Å². The summed E-state index contributed by atoms with van der Waals surface area (Å²) in [6.07, 6.45) is 2.51. The molecule has 4 nitrogen and oxygen atoms in total. The van der Waals surface area contributed by atoms with Crippen molar-refractivity contribution in [1.82, 2.24) is 10.2 Å². The largest absolute Gasteiger partial charge is 0.493 e. The van der Waals surface area contributed by atoms with Crippen LogP contribution in [-0.2, 0) is 0 Å². The van der Waals surface area contributed by atoms with Crippen LogP contribution in [0.3, 0.4) is 0 Å². The second-order valence-corrected chi connectivity index (χ2v) is 7.12. The summed E-state index contributed by atoms with van der Waals surface area (Å²) in [6, 6.07) is 8.75. The molecular weight excluding hydrogens is 290 g/mol. The van der Waals surface area contributed by atoms with Crippen molar-refractivity contribution in [2.24, 2.45) is 0 Å². The molecule has 6 heteroatoms. The van der Waals surface area contributed by atoms with Crippen LogP contribution in [0.5, 0.6) is 5.75 Å². The first-order valence-corrected chi connectivity index (χ1v) is 8.52. The highest BCUT2D eigenvalue weighted by atomic mass is 32.2. The van der Waals surface area contributed by atoms with E-state index in [0.717, 1.165) is 21.0 Å². The minimum atomic E-state index is 0.630. The Bertz CT molecular complexity index is 552. The number of rotatable bonds is 7. The van der Waals surface area contributed by atoms with Crippen LogP contribution in [0.25, 0.3) is 0 Å². The smallest absolute Gasteiger partial charge is 0.206 e. The van der Waals surface area contributed by atoms with Gasteiger partial charge >= 0.3 is 0 Å². The van der Waals surface area contributed by atoms with Crippen LogP contribution in [0.15, 0.2) is 28.6 Å². The fourth-order valence-corrected chi connectivity index (χ4v) is 3.37. The molecule has 1 heterocycles. The summed E-state index contributed by atoms with van der Waals surface area (Å²) in [5.41, 5.74) is 1.25. The fraction of sp³-hybridized carbons (Fsp3) is 0.429. The molecule has 1 fully saturated rings. The van der Waals surface area contributed by atoms with E-state index in [-0.39, 0.29) is 0 Å². The molecule has 0 bridgehead atoms. The third-order valence-corrected chi connectivity index (χ3v) is 4.86. The molecule has 3 rings (SSSR count). The summed E-state index contributed by atoms with van der Waals surface area (Å²) in [5.74, 6) is 1.80. The number of anilines is 1. The number of nitrogens with one attached hydrogen (secondary N) is 1. The molecule has 1 N–H and O–H groups in total. The van der Waals surface area contributed by atoms with Crippen LogP contribution in [0.1, 0.15) is 18.4 Å². The molecule has 0 aliphatic heterocycles. The Kier molecular flexibility index (Phi) is 4.42. The third kappa shape index (κ3) is 4.11. The molecular formula is C14H17N3OS2. The average molecular weight is 307 g/mol. The van der Waals surface area contributed by atoms with Gasteiger partial charge in [-0.3, -0.25) is 0 Å². The SMILES string of the molecule is Cc1ccc(OCCSc2nnc(NC3CC3)s2)cc1. The van der Waals surface area contributed by atoms with Gasteiger partial charge in [0, 0.05) is 11.8 Å². The lowest BCUT2D eigenvalue weighted by Crippen LogP contribution is -1.99. The van der Waals surface area contributed by atoms with Gasteiger partial charge in [0.05, 0.1) is 6.61 Å². The molecule has 20 heavy (non-hydrogen) atoms. The van der Waals surface area contributed by atoms with Crippen molar-refractivity contribution in [1.29, 1.82) is 0 Å². The van der Waals surface area contributed by atoms with Crippen molar-refractivity contribution in [3.8, 4) is 5.75 Å². The van der Waals surface area contributed by atoms with E-state index in [1.807, 2.05) is 12.1 Å². The van der Waals surface area contributed by atoms with Crippen LogP contribution in [0, 0.1) is 6.92 Å². The van der Waals surface area contributed by atoms with Gasteiger partial charge < -0.3 is 10.1 Å². The normalized spacial score (nSPS) is 14.2. The summed E-state index contributed by atoms with van der Waals surface area (Å²) in [6.45, 7) is 2.75. The van der Waals surface area contributed by atoms with E-state index >= 15 is 0 Å². The molecule has 0 spiro atoms. The molecule has 1 saturated carbocycles. The molecule has 0 unspecified atom stereocenters. The standard InChI is InChI=1S/C14H17N3OS2/c1-10-2-6-12(7-3-10)18-8-9-19-14-17-16-13(20-14)15-11-4-5-11/h2-3,6-7,11H,4-5,8-9H2,1H3,(H,15,16). The summed E-state index contributed by atoms with van der Waals surface area (Å²) in [5, 5.41) is 12.6. The van der Waals surface area contributed by atoms with Gasteiger partial charge in [-0.2, -0.15) is 0 Å². The van der Waals surface area contributed by atoms with Gasteiger partial charge in [0.25, 0.3) is 0 Å². The van der Waals surface area contributed by atoms with E-state index in [9.17, 15) is 0 Å². The second kappa shape index (κ2) is 6.45. The minimum absolute atomic E-state index is 0.630. The Morgan fingerprint density at radius 1 is 1.30 bits per heavy atom. The number of benzene rings is 1. The summed E-state index contributed by atoms with van der Waals surface area (Å²) in [4.78, 5) is 0. The zero-order valence-electron chi connectivity index (χ0n) is 11.3. The summed E-state index contributed by atoms with van der Waals surface area (Å²) in [7, 11) is 0. The van der Waals surface area contributed by atoms with Crippen molar-refractivity contribution in [3.63, 3.8) is 0 Å². The highest BCUT2D eigenvalue weighted by molar-refractivity contribution is 8.01. The van der Waals surface area contributed by atoms with E-state index in [1.54, 1.807) is 23.1 Å². The van der Waals surface area contributed by atoms with Crippen LogP contribution < -0.4 is 10.1 Å². The monoisotopic (exact) mass is 307 g/mol. The number of ether oxygens (including phenoxy) is 1. The van der Waals surface area contributed by atoms with Crippen molar-refractivity contribution < 1.29 is 4.74 Å². The van der Waals surface area contributed by atoms with Gasteiger partial charge in [-0.05, 0) is 31.9 Å². The zero-order chi connectivity index (χ0) is 13.8. The van der Waals surface area contributed by atoms with Gasteiger partial charge in [-0.1, -0.05) is 40.8 Å². The topological polar surface area (TPSA) is 47.0 Å². The molecule has 106 valence electrons. The van der Waals surface area contributed by atoms with Crippen molar-refractivity contribution in [2.45, 2.75) is 30.1 Å². The van der Waals surface area contributed by atoms with Crippen LogP contribution >= 0.6 is 23.1 Å². The number of aromatic nitrogens is 2. The number of aryl methyl sites for hydroxylation is 1. The first-order valence-electron chi connectivity index (χ1n) is 6.72. The predicted octanol–water partition coefficient (Wildman–Crippen LogP) is 3.59. The van der Waals surface area contributed by atoms with Gasteiger partial charge in [0.1, 0.15) is 5.75 Å². The molecule has 0 amide bonds. The van der Waals surface area contributed by atoms with Crippen LogP contribution in [-0.4, -0.2) is 28.6 Å². The number of nitrogens with zero attached hydrogens (tertiary/aromatic N) is 2. The lowest BCUT2D eigenvalue weighted by molar-refractivity contribution is 0.344. The molecule has 2 aromatic rings. The molecule has 0 atom stereocenters. The van der Waals surface area contributed by atoms with Crippen molar-refractivity contribution in [2.75, 3.05) is 17.7 Å². The number of hydrogen-bond acceptors (Lipinski definition) is 6. The molecule has 1 aliphatic rings. The van der Waals surface area contributed by atoms with E-state index < -0.39 is 0 Å². The lowest BCUT2D eigenvalue weighted by atomic mass is 10.2. The Balaban J connectivity index is 1.38. The zero-order valence-corrected chi connectivity index (χ0v) is 13.0. The first kappa shape index (κ1) is 13.7. The third-order valence-electron chi connectivity index (χ3n) is 2.91. The lowest BCUT2D eigenvalue weighted by Gasteiger charge is -2.04. The van der Waals surface area contributed by atoms with Gasteiger partial charge in [-0.25, -0.2) is 0 Å². The molecule has 0 saturated heterocycles. The summed E-state index contributed by atoms with van der Waals surface area (Å²) < 4.78 is 6.68. The maximum Gasteiger partial charge on any atom is 0.206 e.